The van der Waals surface area contributed by atoms with Gasteiger partial charge >= 0.3 is 0 Å². The zero-order valence-electron chi connectivity index (χ0n) is 23.9. The van der Waals surface area contributed by atoms with E-state index in [4.69, 9.17) is 0 Å². The zero-order valence-corrected chi connectivity index (χ0v) is 23.9. The maximum atomic E-state index is 11.3. The molecular formula is C35H55NO. The van der Waals surface area contributed by atoms with Crippen molar-refractivity contribution in [3.05, 3.63) is 48.0 Å². The van der Waals surface area contributed by atoms with Crippen molar-refractivity contribution in [3.8, 4) is 0 Å². The molecule has 206 valence electrons. The molecule has 0 atom stereocenters. The molecular weight excluding hydrogens is 450 g/mol. The van der Waals surface area contributed by atoms with E-state index < -0.39 is 0 Å². The van der Waals surface area contributed by atoms with Crippen molar-refractivity contribution >= 4 is 5.91 Å². The number of hydrogen-bond acceptors (Lipinski definition) is 1. The predicted molar refractivity (Wildman–Crippen MR) is 158 cm³/mol. The van der Waals surface area contributed by atoms with Crippen LogP contribution in [-0.2, 0) is 4.79 Å². The molecule has 37 heavy (non-hydrogen) atoms. The second kappa shape index (κ2) is 15.1. The molecule has 1 aromatic carbocycles. The van der Waals surface area contributed by atoms with Crippen LogP contribution in [0.3, 0.4) is 0 Å². The first-order chi connectivity index (χ1) is 18.2. The van der Waals surface area contributed by atoms with Crippen molar-refractivity contribution in [2.24, 2.45) is 23.7 Å². The molecule has 0 unspecified atom stereocenters. The molecule has 1 amide bonds. The van der Waals surface area contributed by atoms with Gasteiger partial charge in [0.1, 0.15) is 0 Å². The number of rotatable bonds is 12. The summed E-state index contributed by atoms with van der Waals surface area (Å²) in [5.41, 5.74) is 3.18. The van der Waals surface area contributed by atoms with Gasteiger partial charge in [-0.15, -0.1) is 0 Å². The number of benzene rings is 1. The minimum atomic E-state index is -0.0457. The summed E-state index contributed by atoms with van der Waals surface area (Å²) in [7, 11) is 0. The van der Waals surface area contributed by atoms with Gasteiger partial charge in [-0.05, 0) is 130 Å². The van der Waals surface area contributed by atoms with Gasteiger partial charge in [-0.25, -0.2) is 0 Å². The van der Waals surface area contributed by atoms with Crippen molar-refractivity contribution in [2.75, 3.05) is 6.54 Å². The van der Waals surface area contributed by atoms with E-state index in [1.807, 2.05) is 0 Å². The summed E-state index contributed by atoms with van der Waals surface area (Å²) in [6.07, 6.45) is 26.7. The van der Waals surface area contributed by atoms with E-state index in [-0.39, 0.29) is 5.91 Å². The highest BCUT2D eigenvalue weighted by molar-refractivity contribution is 5.86. The number of hydrogen-bond donors (Lipinski definition) is 1. The fourth-order valence-corrected chi connectivity index (χ4v) is 8.05. The monoisotopic (exact) mass is 505 g/mol. The highest BCUT2D eigenvalue weighted by Crippen LogP contribution is 2.45. The summed E-state index contributed by atoms with van der Waals surface area (Å²) < 4.78 is 0. The summed E-state index contributed by atoms with van der Waals surface area (Å²) in [4.78, 5) is 11.3. The second-order valence-electron chi connectivity index (χ2n) is 12.9. The molecule has 3 saturated carbocycles. The summed E-state index contributed by atoms with van der Waals surface area (Å²) in [5, 5.41) is 2.91. The number of unbranched alkanes of at least 4 members (excludes halogenated alkanes) is 2. The Hall–Kier alpha value is -1.57. The lowest BCUT2D eigenvalue weighted by Gasteiger charge is -2.38. The van der Waals surface area contributed by atoms with Crippen LogP contribution in [0.1, 0.15) is 145 Å². The van der Waals surface area contributed by atoms with E-state index >= 15 is 0 Å². The van der Waals surface area contributed by atoms with Crippen molar-refractivity contribution in [1.29, 1.82) is 0 Å². The van der Waals surface area contributed by atoms with Crippen LogP contribution in [0.4, 0.5) is 0 Å². The van der Waals surface area contributed by atoms with Crippen LogP contribution in [0.2, 0.25) is 0 Å². The topological polar surface area (TPSA) is 29.1 Å². The maximum Gasteiger partial charge on any atom is 0.243 e. The second-order valence-corrected chi connectivity index (χ2v) is 12.9. The molecule has 3 aliphatic rings. The van der Waals surface area contributed by atoms with Crippen LogP contribution < -0.4 is 5.32 Å². The van der Waals surface area contributed by atoms with Crippen LogP contribution in [-0.4, -0.2) is 12.5 Å². The van der Waals surface area contributed by atoms with Gasteiger partial charge in [0.2, 0.25) is 5.91 Å². The minimum Gasteiger partial charge on any atom is -0.353 e. The SMILES string of the molecule is C=CC(=O)NCCCC1CCC(c2ccc(C3CCC(C4CCC(CCCCC)CC4)CC3)cc2)CC1. The number of amides is 1. The van der Waals surface area contributed by atoms with E-state index in [9.17, 15) is 4.79 Å². The third-order valence-corrected chi connectivity index (χ3v) is 10.5. The Morgan fingerprint density at radius 2 is 1.19 bits per heavy atom. The molecule has 0 aromatic heterocycles. The zero-order chi connectivity index (χ0) is 25.9. The molecule has 0 saturated heterocycles. The fourth-order valence-electron chi connectivity index (χ4n) is 8.05. The average Bonchev–Trinajstić information content (AvgIpc) is 2.96. The van der Waals surface area contributed by atoms with Crippen LogP contribution in [0, 0.1) is 23.7 Å². The van der Waals surface area contributed by atoms with E-state index in [1.165, 1.54) is 115 Å². The average molecular weight is 506 g/mol. The Bertz CT molecular complexity index is 789. The van der Waals surface area contributed by atoms with Gasteiger partial charge in [0, 0.05) is 6.54 Å². The van der Waals surface area contributed by atoms with Crippen molar-refractivity contribution in [2.45, 2.75) is 134 Å². The van der Waals surface area contributed by atoms with Crippen LogP contribution >= 0.6 is 0 Å². The summed E-state index contributed by atoms with van der Waals surface area (Å²) in [6, 6.07) is 9.90. The summed E-state index contributed by atoms with van der Waals surface area (Å²) in [6.45, 7) is 6.63. The molecule has 0 heterocycles. The van der Waals surface area contributed by atoms with E-state index in [2.05, 4.69) is 43.1 Å². The highest BCUT2D eigenvalue weighted by Gasteiger charge is 2.31. The predicted octanol–water partition coefficient (Wildman–Crippen LogP) is 9.70. The normalized spacial score (nSPS) is 30.5. The molecule has 0 spiro atoms. The molecule has 2 nitrogen and oxygen atoms in total. The van der Waals surface area contributed by atoms with Gasteiger partial charge < -0.3 is 5.32 Å². The summed E-state index contributed by atoms with van der Waals surface area (Å²) >= 11 is 0. The molecule has 3 aliphatic carbocycles. The van der Waals surface area contributed by atoms with Gasteiger partial charge in [0.05, 0.1) is 0 Å². The van der Waals surface area contributed by atoms with E-state index in [0.29, 0.717) is 0 Å². The van der Waals surface area contributed by atoms with Crippen LogP contribution in [0.15, 0.2) is 36.9 Å². The lowest BCUT2D eigenvalue weighted by atomic mass is 9.68. The highest BCUT2D eigenvalue weighted by atomic mass is 16.1. The number of carbonyl (C=O) groups is 1. The first-order valence-corrected chi connectivity index (χ1v) is 16.2. The molecule has 1 aromatic rings. The van der Waals surface area contributed by atoms with Crippen molar-refractivity contribution in [3.63, 3.8) is 0 Å². The number of carbonyl (C=O) groups excluding carboxylic acids is 1. The van der Waals surface area contributed by atoms with Gasteiger partial charge in [0.15, 0.2) is 0 Å². The van der Waals surface area contributed by atoms with E-state index in [0.717, 1.165) is 48.5 Å². The largest absolute Gasteiger partial charge is 0.353 e. The van der Waals surface area contributed by atoms with E-state index in [1.54, 1.807) is 11.1 Å². The number of nitrogens with one attached hydrogen (secondary N) is 1. The Labute approximate surface area is 228 Å². The summed E-state index contributed by atoms with van der Waals surface area (Å²) in [5.74, 6) is 5.43. The molecule has 0 aliphatic heterocycles. The molecule has 0 radical (unpaired) electrons. The third-order valence-electron chi connectivity index (χ3n) is 10.5. The van der Waals surface area contributed by atoms with Crippen LogP contribution in [0.25, 0.3) is 0 Å². The Kier molecular flexibility index (Phi) is 11.6. The van der Waals surface area contributed by atoms with Gasteiger partial charge in [0.25, 0.3) is 0 Å². The smallest absolute Gasteiger partial charge is 0.243 e. The van der Waals surface area contributed by atoms with Crippen LogP contribution in [0.5, 0.6) is 0 Å². The van der Waals surface area contributed by atoms with Gasteiger partial charge in [-0.1, -0.05) is 76.3 Å². The Morgan fingerprint density at radius 1 is 0.730 bits per heavy atom. The third kappa shape index (κ3) is 8.72. The molecule has 3 fully saturated rings. The van der Waals surface area contributed by atoms with Crippen molar-refractivity contribution < 1.29 is 4.79 Å². The van der Waals surface area contributed by atoms with Gasteiger partial charge in [-0.3, -0.25) is 4.79 Å². The lowest BCUT2D eigenvalue weighted by Crippen LogP contribution is -2.25. The Balaban J connectivity index is 1.13. The lowest BCUT2D eigenvalue weighted by molar-refractivity contribution is -0.116. The first-order valence-electron chi connectivity index (χ1n) is 16.2. The molecule has 0 bridgehead atoms. The first kappa shape index (κ1) is 28.4. The fraction of sp³-hybridized carbons (Fsp3) is 0.743. The van der Waals surface area contributed by atoms with Crippen molar-refractivity contribution in [1.82, 2.24) is 5.32 Å². The van der Waals surface area contributed by atoms with Gasteiger partial charge in [-0.2, -0.15) is 0 Å². The Morgan fingerprint density at radius 3 is 1.70 bits per heavy atom. The minimum absolute atomic E-state index is 0.0457. The molecule has 2 heteroatoms. The molecule has 4 rings (SSSR count). The molecule has 1 N–H and O–H groups in total. The maximum absolute atomic E-state index is 11.3. The standard InChI is InChI=1S/C35H55NO/c1-3-5-6-8-27-10-14-29(15-11-27)31-18-22-33(23-19-31)34-24-20-32(21-25-34)30-16-12-28(13-17-30)9-7-26-36-35(37)4-2/h4,20-21,24-25,27-31,33H,2-3,5-19,22-23,26H2,1H3,(H,36,37). The quantitative estimate of drug-likeness (QED) is 0.222.